The lowest BCUT2D eigenvalue weighted by molar-refractivity contribution is 0.416. The first-order valence-corrected chi connectivity index (χ1v) is 6.07. The van der Waals surface area contributed by atoms with Gasteiger partial charge in [0.2, 0.25) is 0 Å². The lowest BCUT2D eigenvalue weighted by Gasteiger charge is -2.23. The summed E-state index contributed by atoms with van der Waals surface area (Å²) in [5, 5.41) is 2.18. The summed E-state index contributed by atoms with van der Waals surface area (Å²) < 4.78 is 0. The summed E-state index contributed by atoms with van der Waals surface area (Å²) in [6, 6.07) is 5.99. The predicted octanol–water partition coefficient (Wildman–Crippen LogP) is 1.81. The molecule has 0 saturated carbocycles. The van der Waals surface area contributed by atoms with Crippen LogP contribution < -0.4 is 10.6 Å². The van der Waals surface area contributed by atoms with Gasteiger partial charge in [0.05, 0.1) is 0 Å². The van der Waals surface area contributed by atoms with E-state index in [1.165, 1.54) is 5.69 Å². The number of benzene rings is 1. The molecule has 0 bridgehead atoms. The van der Waals surface area contributed by atoms with Crippen molar-refractivity contribution in [2.75, 3.05) is 44.9 Å². The van der Waals surface area contributed by atoms with Gasteiger partial charge >= 0.3 is 0 Å². The number of hydrogen-bond donors (Lipinski definition) is 1. The van der Waals surface area contributed by atoms with E-state index in [2.05, 4.69) is 42.0 Å². The van der Waals surface area contributed by atoms with Crippen LogP contribution in [0.1, 0.15) is 0 Å². The molecule has 1 heterocycles. The summed E-state index contributed by atoms with van der Waals surface area (Å²) in [5.74, 6) is 0. The van der Waals surface area contributed by atoms with E-state index in [1.807, 2.05) is 18.3 Å². The monoisotopic (exact) mass is 244 g/mol. The maximum atomic E-state index is 5.99. The Morgan fingerprint density at radius 2 is 1.83 bits per heavy atom. The summed E-state index contributed by atoms with van der Waals surface area (Å²) in [5.41, 5.74) is 7.97. The minimum absolute atomic E-state index is 0.803. The van der Waals surface area contributed by atoms with Gasteiger partial charge in [0.25, 0.3) is 0 Å². The molecule has 0 fully saturated rings. The molecule has 0 unspecified atom stereocenters. The first-order valence-electron chi connectivity index (χ1n) is 6.07. The second kappa shape index (κ2) is 5.23. The molecule has 0 spiro atoms. The number of hydrogen-bond acceptors (Lipinski definition) is 4. The zero-order chi connectivity index (χ0) is 13.1. The number of nitrogens with two attached hydrogens (primary N) is 1. The highest BCUT2D eigenvalue weighted by atomic mass is 15.2. The van der Waals surface area contributed by atoms with Gasteiger partial charge < -0.3 is 15.5 Å². The van der Waals surface area contributed by atoms with Crippen LogP contribution in [0.2, 0.25) is 0 Å². The second-order valence-electron chi connectivity index (χ2n) is 4.82. The molecule has 4 nitrogen and oxygen atoms in total. The van der Waals surface area contributed by atoms with E-state index in [-0.39, 0.29) is 0 Å². The topological polar surface area (TPSA) is 45.4 Å². The van der Waals surface area contributed by atoms with Crippen LogP contribution in [0, 0.1) is 0 Å². The van der Waals surface area contributed by atoms with Crippen LogP contribution in [0.4, 0.5) is 11.4 Å². The van der Waals surface area contributed by atoms with Gasteiger partial charge in [0.1, 0.15) is 0 Å². The maximum Gasteiger partial charge on any atom is 0.0460 e. The van der Waals surface area contributed by atoms with Crippen molar-refractivity contribution in [3.8, 4) is 0 Å². The average Bonchev–Trinajstić information content (AvgIpc) is 2.37. The van der Waals surface area contributed by atoms with E-state index in [9.17, 15) is 0 Å². The van der Waals surface area contributed by atoms with Crippen molar-refractivity contribution in [3.05, 3.63) is 30.6 Å². The van der Waals surface area contributed by atoms with Gasteiger partial charge in [-0.15, -0.1) is 0 Å². The molecule has 96 valence electrons. The number of likely N-dealkylation sites (N-methyl/N-ethyl adjacent to an activating group) is 2. The lowest BCUT2D eigenvalue weighted by Crippen LogP contribution is -2.28. The fraction of sp³-hybridized carbons (Fsp3) is 0.357. The molecule has 2 aromatic rings. The summed E-state index contributed by atoms with van der Waals surface area (Å²) in [4.78, 5) is 8.61. The molecule has 0 radical (unpaired) electrons. The van der Waals surface area contributed by atoms with Crippen molar-refractivity contribution in [1.29, 1.82) is 0 Å². The molecule has 2 rings (SSSR count). The number of rotatable bonds is 4. The molecule has 0 aliphatic carbocycles. The Balaban J connectivity index is 2.36. The molecule has 1 aromatic carbocycles. The Bertz CT molecular complexity index is 536. The predicted molar refractivity (Wildman–Crippen MR) is 78.0 cm³/mol. The van der Waals surface area contributed by atoms with Crippen molar-refractivity contribution >= 4 is 22.1 Å². The van der Waals surface area contributed by atoms with Crippen LogP contribution in [0.25, 0.3) is 10.8 Å². The molecular formula is C14H20N4. The van der Waals surface area contributed by atoms with E-state index in [0.29, 0.717) is 0 Å². The molecular weight excluding hydrogens is 224 g/mol. The smallest absolute Gasteiger partial charge is 0.0460 e. The third-order valence-corrected chi connectivity index (χ3v) is 3.12. The molecule has 0 aliphatic heterocycles. The lowest BCUT2D eigenvalue weighted by atomic mass is 10.1. The molecule has 2 N–H and O–H groups in total. The van der Waals surface area contributed by atoms with E-state index in [1.54, 1.807) is 6.20 Å². The number of aromatic nitrogens is 1. The molecule has 0 saturated heterocycles. The average molecular weight is 244 g/mol. The van der Waals surface area contributed by atoms with Gasteiger partial charge in [-0.1, -0.05) is 0 Å². The molecule has 1 aromatic heterocycles. The Hall–Kier alpha value is -1.81. The number of nitrogens with zero attached hydrogens (tertiary/aromatic N) is 3. The third-order valence-electron chi connectivity index (χ3n) is 3.12. The van der Waals surface area contributed by atoms with Crippen molar-refractivity contribution in [2.24, 2.45) is 0 Å². The van der Waals surface area contributed by atoms with Crippen LogP contribution in [0.15, 0.2) is 30.6 Å². The summed E-state index contributed by atoms with van der Waals surface area (Å²) in [6.45, 7) is 1.99. The molecule has 0 aliphatic rings. The standard InChI is InChI=1S/C14H20N4/c1-17(2)8-9-18(3)14-5-4-13(15)11-6-7-16-10-12(11)14/h4-7,10H,8-9,15H2,1-3H3. The normalized spacial score (nSPS) is 11.1. The molecule has 0 atom stereocenters. The third kappa shape index (κ3) is 2.54. The van der Waals surface area contributed by atoms with Gasteiger partial charge in [-0.2, -0.15) is 0 Å². The SMILES string of the molecule is CN(C)CCN(C)c1ccc(N)c2ccncc12. The number of anilines is 2. The Kier molecular flexibility index (Phi) is 3.67. The van der Waals surface area contributed by atoms with E-state index in [0.717, 1.165) is 29.5 Å². The zero-order valence-electron chi connectivity index (χ0n) is 11.2. The minimum Gasteiger partial charge on any atom is -0.398 e. The first kappa shape index (κ1) is 12.6. The summed E-state index contributed by atoms with van der Waals surface area (Å²) in [7, 11) is 6.26. The van der Waals surface area contributed by atoms with Crippen molar-refractivity contribution in [2.45, 2.75) is 0 Å². The Morgan fingerprint density at radius 1 is 1.06 bits per heavy atom. The van der Waals surface area contributed by atoms with Gasteiger partial charge in [-0.05, 0) is 32.3 Å². The first-order chi connectivity index (χ1) is 8.59. The van der Waals surface area contributed by atoms with Gasteiger partial charge in [0, 0.05) is 54.7 Å². The van der Waals surface area contributed by atoms with E-state index in [4.69, 9.17) is 5.73 Å². The van der Waals surface area contributed by atoms with Crippen LogP contribution in [0.5, 0.6) is 0 Å². The highest BCUT2D eigenvalue weighted by molar-refractivity contribution is 6.00. The Labute approximate surface area is 108 Å². The quantitative estimate of drug-likeness (QED) is 0.833. The van der Waals surface area contributed by atoms with E-state index < -0.39 is 0 Å². The highest BCUT2D eigenvalue weighted by Crippen LogP contribution is 2.29. The fourth-order valence-electron chi connectivity index (χ4n) is 2.00. The molecule has 0 amide bonds. The highest BCUT2D eigenvalue weighted by Gasteiger charge is 2.08. The van der Waals surface area contributed by atoms with Crippen LogP contribution in [0.3, 0.4) is 0 Å². The van der Waals surface area contributed by atoms with Crippen molar-refractivity contribution < 1.29 is 0 Å². The Morgan fingerprint density at radius 3 is 2.56 bits per heavy atom. The fourth-order valence-corrected chi connectivity index (χ4v) is 2.00. The summed E-state index contributed by atoms with van der Waals surface area (Å²) in [6.07, 6.45) is 3.66. The number of pyridine rings is 1. The minimum atomic E-state index is 0.803. The van der Waals surface area contributed by atoms with Crippen LogP contribution in [-0.4, -0.2) is 44.1 Å². The number of nitrogen functional groups attached to an aromatic ring is 1. The second-order valence-corrected chi connectivity index (χ2v) is 4.82. The number of fused-ring (bicyclic) bond motifs is 1. The molecule has 4 heteroatoms. The maximum absolute atomic E-state index is 5.99. The van der Waals surface area contributed by atoms with Gasteiger partial charge in [0.15, 0.2) is 0 Å². The zero-order valence-corrected chi connectivity index (χ0v) is 11.2. The largest absolute Gasteiger partial charge is 0.398 e. The van der Waals surface area contributed by atoms with Crippen LogP contribution >= 0.6 is 0 Å². The van der Waals surface area contributed by atoms with E-state index >= 15 is 0 Å². The summed E-state index contributed by atoms with van der Waals surface area (Å²) >= 11 is 0. The van der Waals surface area contributed by atoms with Crippen molar-refractivity contribution in [1.82, 2.24) is 9.88 Å². The van der Waals surface area contributed by atoms with Gasteiger partial charge in [-0.25, -0.2) is 0 Å². The van der Waals surface area contributed by atoms with Crippen molar-refractivity contribution in [3.63, 3.8) is 0 Å². The molecule has 18 heavy (non-hydrogen) atoms. The van der Waals surface area contributed by atoms with Crippen LogP contribution in [-0.2, 0) is 0 Å². The van der Waals surface area contributed by atoms with Gasteiger partial charge in [-0.3, -0.25) is 4.98 Å².